The average Bonchev–Trinajstić information content (AvgIpc) is 2.52. The van der Waals surface area contributed by atoms with Gasteiger partial charge in [0.15, 0.2) is 5.57 Å². The standard InChI is InChI=1S/C14H14N2O2S2/c1-18-14(17)11(9-15)13(20-3)16-12(19-2)10-7-5-4-6-8-10/h4-8H,1-3H3/b13-11-,16-12-/i2T3. The molecule has 0 spiro atoms. The maximum absolute atomic E-state index is 11.6. The molecule has 0 atom stereocenters. The van der Waals surface area contributed by atoms with Gasteiger partial charge in [0, 0.05) is 9.68 Å². The second-order valence-electron chi connectivity index (χ2n) is 3.37. The first-order chi connectivity index (χ1) is 10.8. The lowest BCUT2D eigenvalue weighted by atomic mass is 10.2. The normalized spacial score (nSPS) is 15.2. The molecule has 0 aliphatic carbocycles. The SMILES string of the molecule is [3H]C([3H])([3H])S/C(=N\C(SC)=C(/C#N)C(=O)OC)c1ccccc1. The maximum atomic E-state index is 11.6. The van der Waals surface area contributed by atoms with E-state index in [1.54, 1.807) is 42.7 Å². The highest BCUT2D eigenvalue weighted by molar-refractivity contribution is 8.14. The second kappa shape index (κ2) is 8.46. The predicted molar refractivity (Wildman–Crippen MR) is 84.7 cm³/mol. The fraction of sp³-hybridized carbons (Fsp3) is 0.214. The van der Waals surface area contributed by atoms with Gasteiger partial charge < -0.3 is 4.74 Å². The van der Waals surface area contributed by atoms with Gasteiger partial charge in [-0.2, -0.15) is 5.26 Å². The largest absolute Gasteiger partial charge is 0.465 e. The van der Waals surface area contributed by atoms with Gasteiger partial charge in [0.2, 0.25) is 0 Å². The molecule has 0 amide bonds. The number of carbonyl (C=O) groups is 1. The van der Waals surface area contributed by atoms with E-state index in [1.165, 1.54) is 0 Å². The minimum absolute atomic E-state index is 0.106. The Bertz CT molecular complexity index is 665. The van der Waals surface area contributed by atoms with Crippen LogP contribution in [0.3, 0.4) is 0 Å². The smallest absolute Gasteiger partial charge is 0.351 e. The summed E-state index contributed by atoms with van der Waals surface area (Å²) in [6.07, 6.45) is -0.669. The van der Waals surface area contributed by atoms with E-state index in [0.29, 0.717) is 17.3 Å². The predicted octanol–water partition coefficient (Wildman–Crippen LogP) is 3.07. The third-order valence-electron chi connectivity index (χ3n) is 2.23. The van der Waals surface area contributed by atoms with Crippen LogP contribution < -0.4 is 0 Å². The number of nitriles is 1. The molecule has 0 N–H and O–H groups in total. The van der Waals surface area contributed by atoms with Gasteiger partial charge in [-0.25, -0.2) is 9.79 Å². The van der Waals surface area contributed by atoms with Gasteiger partial charge in [-0.05, 0) is 12.4 Å². The van der Waals surface area contributed by atoms with Crippen molar-refractivity contribution in [1.29, 1.82) is 5.26 Å². The zero-order valence-corrected chi connectivity index (χ0v) is 12.5. The van der Waals surface area contributed by atoms with Gasteiger partial charge in [0.1, 0.15) is 16.1 Å². The summed E-state index contributed by atoms with van der Waals surface area (Å²) in [5.74, 6) is -0.813. The van der Waals surface area contributed by atoms with Crippen LogP contribution in [-0.2, 0) is 9.53 Å². The van der Waals surface area contributed by atoms with Crippen LogP contribution >= 0.6 is 23.5 Å². The molecule has 0 bridgehead atoms. The molecule has 0 aromatic heterocycles. The molecule has 20 heavy (non-hydrogen) atoms. The van der Waals surface area contributed by atoms with Crippen LogP contribution in [0, 0.1) is 11.3 Å². The van der Waals surface area contributed by atoms with Crippen LogP contribution in [0.4, 0.5) is 0 Å². The molecule has 0 saturated heterocycles. The monoisotopic (exact) mass is 312 g/mol. The first kappa shape index (κ1) is 12.1. The Balaban J connectivity index is 3.45. The van der Waals surface area contributed by atoms with Gasteiger partial charge in [0.05, 0.1) is 7.11 Å². The van der Waals surface area contributed by atoms with E-state index >= 15 is 0 Å². The van der Waals surface area contributed by atoms with Crippen molar-refractivity contribution in [2.45, 2.75) is 0 Å². The number of nitrogens with zero attached hydrogens (tertiary/aromatic N) is 2. The Morgan fingerprint density at radius 1 is 1.40 bits per heavy atom. The van der Waals surface area contributed by atoms with Crippen LogP contribution in [0.2, 0.25) is 0 Å². The molecule has 0 saturated carbocycles. The van der Waals surface area contributed by atoms with Crippen LogP contribution in [0.5, 0.6) is 0 Å². The first-order valence-corrected chi connectivity index (χ1v) is 7.46. The number of benzene rings is 1. The summed E-state index contributed by atoms with van der Waals surface area (Å²) in [5, 5.41) is 9.44. The summed E-state index contributed by atoms with van der Waals surface area (Å²) in [5.41, 5.74) is 0.321. The Morgan fingerprint density at radius 2 is 2.10 bits per heavy atom. The number of methoxy groups -OCH3 is 1. The van der Waals surface area contributed by atoms with Gasteiger partial charge in [-0.3, -0.25) is 0 Å². The van der Waals surface area contributed by atoms with Crippen molar-refractivity contribution in [3.8, 4) is 6.07 Å². The third kappa shape index (κ3) is 4.15. The van der Waals surface area contributed by atoms with Crippen LogP contribution in [0.25, 0.3) is 0 Å². The summed E-state index contributed by atoms with van der Waals surface area (Å²) in [4.78, 5) is 15.9. The molecule has 1 aromatic rings. The molecule has 0 unspecified atom stereocenters. The van der Waals surface area contributed by atoms with E-state index in [1.807, 2.05) is 0 Å². The van der Waals surface area contributed by atoms with Crippen molar-refractivity contribution < 1.29 is 13.6 Å². The lowest BCUT2D eigenvalue weighted by Crippen LogP contribution is -2.06. The van der Waals surface area contributed by atoms with E-state index in [-0.39, 0.29) is 15.6 Å². The molecule has 0 aliphatic heterocycles. The first-order valence-electron chi connectivity index (χ1n) is 6.92. The summed E-state index contributed by atoms with van der Waals surface area (Å²) < 4.78 is 26.8. The van der Waals surface area contributed by atoms with Crippen LogP contribution in [0.1, 0.15) is 9.68 Å². The van der Waals surface area contributed by atoms with Gasteiger partial charge in [-0.1, -0.05) is 30.3 Å². The molecule has 104 valence electrons. The van der Waals surface area contributed by atoms with Crippen molar-refractivity contribution in [3.05, 3.63) is 46.5 Å². The lowest BCUT2D eigenvalue weighted by Gasteiger charge is -2.06. The van der Waals surface area contributed by atoms with E-state index in [2.05, 4.69) is 9.73 Å². The van der Waals surface area contributed by atoms with E-state index in [4.69, 9.17) is 9.37 Å². The Kier molecular flexibility index (Phi) is 5.10. The summed E-state index contributed by atoms with van der Waals surface area (Å²) >= 11 is 1.65. The van der Waals surface area contributed by atoms with Gasteiger partial charge in [0.25, 0.3) is 0 Å². The molecular formula is C14H14N2O2S2. The molecule has 0 heterocycles. The number of thioether (sulfide) groups is 2. The highest BCUT2D eigenvalue weighted by atomic mass is 32.2. The number of aliphatic imine (C=N–C) groups is 1. The number of rotatable bonds is 4. The summed E-state index contributed by atoms with van der Waals surface area (Å²) in [6, 6.07) is 10.5. The van der Waals surface area contributed by atoms with Gasteiger partial charge in [-0.15, -0.1) is 23.5 Å². The van der Waals surface area contributed by atoms with Crippen molar-refractivity contribution in [1.82, 2.24) is 0 Å². The fourth-order valence-corrected chi connectivity index (χ4v) is 2.27. The molecule has 4 nitrogen and oxygen atoms in total. The lowest BCUT2D eigenvalue weighted by molar-refractivity contribution is -0.135. The van der Waals surface area contributed by atoms with Gasteiger partial charge >= 0.3 is 5.97 Å². The van der Waals surface area contributed by atoms with Crippen molar-refractivity contribution >= 4 is 34.5 Å². The van der Waals surface area contributed by atoms with Crippen LogP contribution in [0.15, 0.2) is 45.9 Å². The highest BCUT2D eigenvalue weighted by Crippen LogP contribution is 2.23. The van der Waals surface area contributed by atoms with Crippen molar-refractivity contribution in [3.63, 3.8) is 0 Å². The topological polar surface area (TPSA) is 62.5 Å². The Morgan fingerprint density at radius 3 is 2.60 bits per heavy atom. The maximum Gasteiger partial charge on any atom is 0.351 e. The van der Waals surface area contributed by atoms with Crippen molar-refractivity contribution in [2.75, 3.05) is 19.5 Å². The molecule has 1 rings (SSSR count). The quantitative estimate of drug-likeness (QED) is 0.281. The van der Waals surface area contributed by atoms with Crippen molar-refractivity contribution in [2.24, 2.45) is 4.99 Å². The number of carbonyl (C=O) groups excluding carboxylic acids is 1. The van der Waals surface area contributed by atoms with Crippen LogP contribution in [-0.4, -0.2) is 30.6 Å². The molecule has 1 aromatic carbocycles. The highest BCUT2D eigenvalue weighted by Gasteiger charge is 2.16. The fourth-order valence-electron chi connectivity index (χ4n) is 1.31. The second-order valence-corrected chi connectivity index (χ2v) is 4.76. The molecule has 6 heteroatoms. The number of hydrogen-bond donors (Lipinski definition) is 0. The van der Waals surface area contributed by atoms with E-state index < -0.39 is 12.2 Å². The number of hydrogen-bond acceptors (Lipinski definition) is 6. The minimum atomic E-state index is -2.31. The summed E-state index contributed by atoms with van der Waals surface area (Å²) in [7, 11) is 1.16. The third-order valence-corrected chi connectivity index (χ3v) is 3.43. The number of esters is 1. The zero-order chi connectivity index (χ0) is 17.5. The molecule has 0 radical (unpaired) electrons. The molecule has 0 aliphatic rings. The molecular weight excluding hydrogens is 292 g/mol. The molecule has 0 fully saturated rings. The Hall–Kier alpha value is -1.71. The summed E-state index contributed by atoms with van der Waals surface area (Å²) in [6.45, 7) is 0. The average molecular weight is 312 g/mol. The van der Waals surface area contributed by atoms with E-state index in [9.17, 15) is 4.79 Å². The minimum Gasteiger partial charge on any atom is -0.465 e. The zero-order valence-electron chi connectivity index (χ0n) is 13.9. The number of ether oxygens (including phenoxy) is 1. The van der Waals surface area contributed by atoms with E-state index in [0.717, 1.165) is 18.9 Å². The Labute approximate surface area is 131 Å².